The first kappa shape index (κ1) is 18.0. The molecule has 5 nitrogen and oxygen atoms in total. The number of nitrogens with zero attached hydrogens (tertiary/aromatic N) is 2. The van der Waals surface area contributed by atoms with Gasteiger partial charge in [-0.25, -0.2) is 0 Å². The number of aryl methyl sites for hydroxylation is 1. The Morgan fingerprint density at radius 1 is 1.07 bits per heavy atom. The number of pyridine rings is 1. The lowest BCUT2D eigenvalue weighted by Gasteiger charge is -2.13. The Labute approximate surface area is 164 Å². The average Bonchev–Trinajstić information content (AvgIpc) is 3.12. The van der Waals surface area contributed by atoms with E-state index in [2.05, 4.69) is 81.2 Å². The molecule has 4 aromatic rings. The fraction of sp³-hybridized carbons (Fsp3) is 0.217. The molecule has 0 unspecified atom stereocenters. The highest BCUT2D eigenvalue weighted by atomic mass is 15.2. The number of aliphatic imine (C=N–C) groups is 1. The molecule has 2 aromatic carbocycles. The van der Waals surface area contributed by atoms with Crippen LogP contribution in [0.5, 0.6) is 0 Å². The molecule has 0 amide bonds. The van der Waals surface area contributed by atoms with Crippen molar-refractivity contribution in [2.45, 2.75) is 19.9 Å². The van der Waals surface area contributed by atoms with E-state index in [-0.39, 0.29) is 0 Å². The molecule has 3 N–H and O–H groups in total. The molecule has 0 radical (unpaired) electrons. The van der Waals surface area contributed by atoms with Crippen molar-refractivity contribution in [3.63, 3.8) is 0 Å². The van der Waals surface area contributed by atoms with Crippen LogP contribution in [0.3, 0.4) is 0 Å². The van der Waals surface area contributed by atoms with Gasteiger partial charge in [0.15, 0.2) is 5.96 Å². The van der Waals surface area contributed by atoms with Gasteiger partial charge < -0.3 is 15.6 Å². The summed E-state index contributed by atoms with van der Waals surface area (Å²) in [7, 11) is 1.80. The molecular formula is C23H25N5. The van der Waals surface area contributed by atoms with Crippen LogP contribution >= 0.6 is 0 Å². The van der Waals surface area contributed by atoms with Gasteiger partial charge >= 0.3 is 0 Å². The lowest BCUT2D eigenvalue weighted by atomic mass is 10.1. The predicted octanol–water partition coefficient (Wildman–Crippen LogP) is 3.93. The smallest absolute Gasteiger partial charge is 0.191 e. The van der Waals surface area contributed by atoms with E-state index in [4.69, 9.17) is 0 Å². The standard InChI is InChI=1S/C23H25N5/c1-16-8-9-20-18(14-27-21(20)13-16)10-12-26-23(24-2)28-15-19-6-3-5-17-7-4-11-25-22(17)19/h3-9,11,13-14,27H,10,12,15H2,1-2H3,(H2,24,26,28). The zero-order valence-corrected chi connectivity index (χ0v) is 16.3. The summed E-state index contributed by atoms with van der Waals surface area (Å²) in [5.41, 5.74) is 5.97. The molecule has 142 valence electrons. The third-order valence-electron chi connectivity index (χ3n) is 5.00. The summed E-state index contributed by atoms with van der Waals surface area (Å²) < 4.78 is 0. The fourth-order valence-electron chi connectivity index (χ4n) is 3.53. The second kappa shape index (κ2) is 8.13. The first-order valence-electron chi connectivity index (χ1n) is 9.58. The van der Waals surface area contributed by atoms with E-state index in [9.17, 15) is 0 Å². The average molecular weight is 371 g/mol. The summed E-state index contributed by atoms with van der Waals surface area (Å²) in [6.45, 7) is 3.61. The molecule has 0 aliphatic heterocycles. The van der Waals surface area contributed by atoms with Gasteiger partial charge in [-0.15, -0.1) is 0 Å². The van der Waals surface area contributed by atoms with Crippen molar-refractivity contribution >= 4 is 27.8 Å². The van der Waals surface area contributed by atoms with Gasteiger partial charge in [0.1, 0.15) is 0 Å². The fourth-order valence-corrected chi connectivity index (χ4v) is 3.53. The van der Waals surface area contributed by atoms with Crippen molar-refractivity contribution in [1.82, 2.24) is 20.6 Å². The molecule has 0 fully saturated rings. The number of guanidine groups is 1. The van der Waals surface area contributed by atoms with Gasteiger partial charge in [0.2, 0.25) is 0 Å². The van der Waals surface area contributed by atoms with Crippen molar-refractivity contribution in [3.8, 4) is 0 Å². The Hall–Kier alpha value is -3.34. The Morgan fingerprint density at radius 2 is 1.96 bits per heavy atom. The molecule has 0 saturated carbocycles. The topological polar surface area (TPSA) is 65.1 Å². The summed E-state index contributed by atoms with van der Waals surface area (Å²) >= 11 is 0. The maximum atomic E-state index is 4.51. The highest BCUT2D eigenvalue weighted by Gasteiger charge is 2.06. The minimum atomic E-state index is 0.681. The zero-order valence-electron chi connectivity index (χ0n) is 16.3. The highest BCUT2D eigenvalue weighted by Crippen LogP contribution is 2.19. The van der Waals surface area contributed by atoms with Gasteiger partial charge in [0, 0.05) is 48.8 Å². The molecule has 5 heteroatoms. The second-order valence-electron chi connectivity index (χ2n) is 6.96. The van der Waals surface area contributed by atoms with Crippen LogP contribution in [0.2, 0.25) is 0 Å². The van der Waals surface area contributed by atoms with Crippen LogP contribution in [-0.4, -0.2) is 29.5 Å². The molecule has 0 aliphatic rings. The number of H-pyrrole nitrogens is 1. The van der Waals surface area contributed by atoms with Crippen molar-refractivity contribution in [2.75, 3.05) is 13.6 Å². The third kappa shape index (κ3) is 3.83. The molecule has 2 aromatic heterocycles. The number of hydrogen-bond acceptors (Lipinski definition) is 2. The monoisotopic (exact) mass is 371 g/mol. The van der Waals surface area contributed by atoms with Crippen LogP contribution in [0.25, 0.3) is 21.8 Å². The van der Waals surface area contributed by atoms with Crippen LogP contribution in [0, 0.1) is 6.92 Å². The quantitative estimate of drug-likeness (QED) is 0.368. The van der Waals surface area contributed by atoms with Gasteiger partial charge in [-0.05, 0) is 42.2 Å². The van der Waals surface area contributed by atoms with Gasteiger partial charge in [0.05, 0.1) is 5.52 Å². The Bertz CT molecular complexity index is 1120. The van der Waals surface area contributed by atoms with E-state index < -0.39 is 0 Å². The first-order chi connectivity index (χ1) is 13.7. The summed E-state index contributed by atoms with van der Waals surface area (Å²) in [6.07, 6.45) is 4.87. The minimum Gasteiger partial charge on any atom is -0.361 e. The number of rotatable bonds is 5. The number of fused-ring (bicyclic) bond motifs is 2. The van der Waals surface area contributed by atoms with Crippen LogP contribution in [0.4, 0.5) is 0 Å². The first-order valence-corrected chi connectivity index (χ1v) is 9.58. The Morgan fingerprint density at radius 3 is 2.86 bits per heavy atom. The van der Waals surface area contributed by atoms with Crippen molar-refractivity contribution < 1.29 is 0 Å². The Balaban J connectivity index is 1.36. The van der Waals surface area contributed by atoms with Crippen LogP contribution in [0.1, 0.15) is 16.7 Å². The van der Waals surface area contributed by atoms with Crippen molar-refractivity contribution in [1.29, 1.82) is 0 Å². The Kier molecular flexibility index (Phi) is 5.24. The SMILES string of the molecule is CN=C(NCCc1c[nH]c2cc(C)ccc12)NCc1cccc2cccnc12. The largest absolute Gasteiger partial charge is 0.361 e. The molecule has 0 aliphatic carbocycles. The number of para-hydroxylation sites is 1. The van der Waals surface area contributed by atoms with Crippen molar-refractivity contribution in [2.24, 2.45) is 4.99 Å². The molecule has 2 heterocycles. The lowest BCUT2D eigenvalue weighted by molar-refractivity contribution is 0.798. The van der Waals surface area contributed by atoms with E-state index >= 15 is 0 Å². The third-order valence-corrected chi connectivity index (χ3v) is 5.00. The zero-order chi connectivity index (χ0) is 19.3. The van der Waals surface area contributed by atoms with Crippen LogP contribution in [0.15, 0.2) is 65.9 Å². The molecular weight excluding hydrogens is 346 g/mol. The molecule has 0 bridgehead atoms. The van der Waals surface area contributed by atoms with Gasteiger partial charge in [-0.1, -0.05) is 36.4 Å². The molecule has 28 heavy (non-hydrogen) atoms. The summed E-state index contributed by atoms with van der Waals surface area (Å²) in [5.74, 6) is 0.795. The molecule has 0 spiro atoms. The van der Waals surface area contributed by atoms with E-state index in [0.717, 1.165) is 35.4 Å². The van der Waals surface area contributed by atoms with Gasteiger partial charge in [0.25, 0.3) is 0 Å². The maximum Gasteiger partial charge on any atom is 0.191 e. The second-order valence-corrected chi connectivity index (χ2v) is 6.96. The highest BCUT2D eigenvalue weighted by molar-refractivity contribution is 5.85. The predicted molar refractivity (Wildman–Crippen MR) is 117 cm³/mol. The maximum absolute atomic E-state index is 4.51. The lowest BCUT2D eigenvalue weighted by Crippen LogP contribution is -2.37. The van der Waals surface area contributed by atoms with E-state index in [1.807, 2.05) is 12.3 Å². The van der Waals surface area contributed by atoms with Crippen LogP contribution < -0.4 is 10.6 Å². The molecule has 0 saturated heterocycles. The van der Waals surface area contributed by atoms with Gasteiger partial charge in [-0.2, -0.15) is 0 Å². The minimum absolute atomic E-state index is 0.681. The van der Waals surface area contributed by atoms with Crippen molar-refractivity contribution in [3.05, 3.63) is 77.6 Å². The number of aromatic amines is 1. The number of hydrogen-bond donors (Lipinski definition) is 3. The van der Waals surface area contributed by atoms with E-state index in [1.54, 1.807) is 7.05 Å². The van der Waals surface area contributed by atoms with E-state index in [1.165, 1.54) is 22.0 Å². The summed E-state index contributed by atoms with van der Waals surface area (Å²) in [6, 6.07) is 16.8. The number of benzene rings is 2. The van der Waals surface area contributed by atoms with E-state index in [0.29, 0.717) is 6.54 Å². The molecule has 0 atom stereocenters. The summed E-state index contributed by atoms with van der Waals surface area (Å²) in [4.78, 5) is 12.2. The van der Waals surface area contributed by atoms with Crippen LogP contribution in [-0.2, 0) is 13.0 Å². The molecule has 4 rings (SSSR count). The van der Waals surface area contributed by atoms with Gasteiger partial charge in [-0.3, -0.25) is 9.98 Å². The number of aromatic nitrogens is 2. The normalized spacial score (nSPS) is 11.9. The summed E-state index contributed by atoms with van der Waals surface area (Å²) in [5, 5.41) is 9.24. The number of nitrogens with one attached hydrogen (secondary N) is 3.